The van der Waals surface area contributed by atoms with E-state index in [0.717, 1.165) is 38.5 Å². The number of esters is 6. The lowest BCUT2D eigenvalue weighted by molar-refractivity contribution is -0.267. The molecule has 0 spiro atoms. The largest absolute Gasteiger partial charge is 0.480 e. The molecule has 34 nitrogen and oxygen atoms in total. The van der Waals surface area contributed by atoms with Gasteiger partial charge in [-0.3, -0.25) is 52.7 Å². The first-order valence-corrected chi connectivity index (χ1v) is 36.2. The van der Waals surface area contributed by atoms with Crippen LogP contribution in [0.4, 0.5) is 0 Å². The Bertz CT molecular complexity index is 2530. The van der Waals surface area contributed by atoms with E-state index in [-0.39, 0.29) is 137 Å². The minimum atomic E-state index is -1.27. The molecular weight excluding hydrogens is 1370 g/mol. The first kappa shape index (κ1) is 93.1. The summed E-state index contributed by atoms with van der Waals surface area (Å²) in [5, 5.41) is 23.0. The maximum absolute atomic E-state index is 13.5. The van der Waals surface area contributed by atoms with E-state index in [1.807, 2.05) is 0 Å². The van der Waals surface area contributed by atoms with Crippen LogP contribution in [0.5, 0.6) is 0 Å². The lowest BCUT2D eigenvalue weighted by Gasteiger charge is -2.39. The van der Waals surface area contributed by atoms with Gasteiger partial charge in [-0.1, -0.05) is 57.6 Å². The van der Waals surface area contributed by atoms with Crippen molar-refractivity contribution in [3.8, 4) is 0 Å². The van der Waals surface area contributed by atoms with Gasteiger partial charge in [0.15, 0.2) is 24.8 Å². The fourth-order valence-corrected chi connectivity index (χ4v) is 10.5. The highest BCUT2D eigenvalue weighted by molar-refractivity contribution is 5.92. The highest BCUT2D eigenvalue weighted by Gasteiger charge is 2.45. The summed E-state index contributed by atoms with van der Waals surface area (Å²) in [5.41, 5.74) is 0. The van der Waals surface area contributed by atoms with Gasteiger partial charge in [0, 0.05) is 73.9 Å². The molecule has 2 aliphatic heterocycles. The van der Waals surface area contributed by atoms with E-state index in [0.29, 0.717) is 38.6 Å². The average molecular weight is 1490 g/mol. The van der Waals surface area contributed by atoms with E-state index >= 15 is 0 Å². The number of rotatable bonds is 61. The Morgan fingerprint density at radius 2 is 0.827 bits per heavy atom. The number of amides is 5. The Morgan fingerprint density at radius 3 is 1.27 bits per heavy atom. The van der Waals surface area contributed by atoms with Gasteiger partial charge >= 0.3 is 41.8 Å². The molecule has 2 fully saturated rings. The zero-order valence-electron chi connectivity index (χ0n) is 61.9. The van der Waals surface area contributed by atoms with E-state index in [1.165, 1.54) is 73.6 Å². The van der Waals surface area contributed by atoms with Crippen LogP contribution >= 0.6 is 0 Å². The van der Waals surface area contributed by atoms with Crippen molar-refractivity contribution >= 4 is 71.3 Å². The minimum absolute atomic E-state index is 0.0182. The number of carboxylic acids is 1. The second kappa shape index (κ2) is 59.2. The van der Waals surface area contributed by atoms with E-state index in [9.17, 15) is 62.6 Å². The molecule has 2 aliphatic rings. The second-order valence-electron chi connectivity index (χ2n) is 24.6. The van der Waals surface area contributed by atoms with Gasteiger partial charge in [0.05, 0.1) is 85.8 Å². The van der Waals surface area contributed by atoms with Crippen molar-refractivity contribution in [2.24, 2.45) is 0 Å². The molecule has 2 heterocycles. The third-order valence-electron chi connectivity index (χ3n) is 15.5. The number of ether oxygens (including phenoxy) is 16. The van der Waals surface area contributed by atoms with E-state index < -0.39 is 140 Å². The summed E-state index contributed by atoms with van der Waals surface area (Å²) in [7, 11) is 0. The fourth-order valence-electron chi connectivity index (χ4n) is 10.5. The molecule has 10 atom stereocenters. The predicted octanol–water partition coefficient (Wildman–Crippen LogP) is 3.20. The number of carbonyl (C=O) groups excluding carboxylic acids is 11. The molecule has 6 N–H and O–H groups in total. The lowest BCUT2D eigenvalue weighted by Crippen LogP contribution is -2.54. The van der Waals surface area contributed by atoms with Gasteiger partial charge in [-0.2, -0.15) is 0 Å². The minimum Gasteiger partial charge on any atom is -0.480 e. The molecule has 0 saturated carbocycles. The lowest BCUT2D eigenvalue weighted by atomic mass is 10.0. The van der Waals surface area contributed by atoms with Crippen molar-refractivity contribution in [2.45, 2.75) is 238 Å². The number of hydrogen-bond donors (Lipinski definition) is 6. The summed E-state index contributed by atoms with van der Waals surface area (Å²) in [6, 6.07) is -2.44. The molecule has 0 bridgehead atoms. The molecule has 5 amide bonds. The van der Waals surface area contributed by atoms with Crippen LogP contribution in [0.25, 0.3) is 0 Å². The fraction of sp³-hybridized carbons (Fsp3) is 0.800. The quantitative estimate of drug-likeness (QED) is 0.0220. The van der Waals surface area contributed by atoms with Crippen molar-refractivity contribution in [3.05, 3.63) is 12.2 Å². The van der Waals surface area contributed by atoms with Crippen molar-refractivity contribution in [1.29, 1.82) is 0 Å². The number of carboxylic acid groups (broad SMARTS) is 1. The number of aliphatic carboxylic acids is 1. The van der Waals surface area contributed by atoms with Crippen LogP contribution in [0.2, 0.25) is 0 Å². The highest BCUT2D eigenvalue weighted by Crippen LogP contribution is 2.29. The Kier molecular flexibility index (Phi) is 52.9. The maximum atomic E-state index is 13.5. The van der Waals surface area contributed by atoms with Crippen LogP contribution in [-0.2, 0) is 133 Å². The van der Waals surface area contributed by atoms with Crippen molar-refractivity contribution < 1.29 is 138 Å². The molecule has 0 unspecified atom stereocenters. The highest BCUT2D eigenvalue weighted by atomic mass is 16.7. The zero-order chi connectivity index (χ0) is 76.5. The molecule has 0 aromatic heterocycles. The Labute approximate surface area is 610 Å². The van der Waals surface area contributed by atoms with Crippen LogP contribution in [-0.4, -0.2) is 263 Å². The van der Waals surface area contributed by atoms with Crippen LogP contribution in [0.15, 0.2) is 12.2 Å². The van der Waals surface area contributed by atoms with Crippen LogP contribution < -0.4 is 26.6 Å². The molecule has 0 aromatic carbocycles. The van der Waals surface area contributed by atoms with E-state index in [2.05, 4.69) is 45.7 Å². The third-order valence-corrected chi connectivity index (χ3v) is 15.5. The Morgan fingerprint density at radius 1 is 0.423 bits per heavy atom. The van der Waals surface area contributed by atoms with Crippen LogP contribution in [0.3, 0.4) is 0 Å². The number of hydrogen-bond acceptors (Lipinski definition) is 28. The Balaban J connectivity index is 1.79. The average Bonchev–Trinajstić information content (AvgIpc) is 0.826. The van der Waals surface area contributed by atoms with Gasteiger partial charge in [-0.15, -0.1) is 0 Å². The molecule has 34 heteroatoms. The van der Waals surface area contributed by atoms with Crippen molar-refractivity contribution in [1.82, 2.24) is 26.6 Å². The first-order valence-electron chi connectivity index (χ1n) is 36.2. The summed E-state index contributed by atoms with van der Waals surface area (Å²) >= 11 is 0. The summed E-state index contributed by atoms with van der Waals surface area (Å²) in [4.78, 5) is 147. The summed E-state index contributed by atoms with van der Waals surface area (Å²) < 4.78 is 87.9. The number of carbonyl (C=O) groups is 12. The monoisotopic (exact) mass is 1490 g/mol. The number of allylic oxidation sites excluding steroid dienone is 2. The van der Waals surface area contributed by atoms with Gasteiger partial charge in [0.1, 0.15) is 62.9 Å². The van der Waals surface area contributed by atoms with Gasteiger partial charge in [0.2, 0.25) is 29.5 Å². The van der Waals surface area contributed by atoms with E-state index in [4.69, 9.17) is 75.8 Å². The van der Waals surface area contributed by atoms with Gasteiger partial charge < -0.3 is 107 Å². The van der Waals surface area contributed by atoms with Gasteiger partial charge in [0.25, 0.3) is 0 Å². The molecule has 596 valence electrons. The van der Waals surface area contributed by atoms with E-state index in [1.54, 1.807) is 0 Å². The third kappa shape index (κ3) is 48.9. The molecular formula is C70H117N5O29. The molecule has 0 aliphatic carbocycles. The normalized spacial score (nSPS) is 19.1. The molecule has 0 aromatic rings. The zero-order valence-corrected chi connectivity index (χ0v) is 61.9. The first-order chi connectivity index (χ1) is 50.0. The number of nitrogens with one attached hydrogen (secondary N) is 5. The molecule has 104 heavy (non-hydrogen) atoms. The van der Waals surface area contributed by atoms with Crippen molar-refractivity contribution in [3.63, 3.8) is 0 Å². The standard InChI is InChI=1S/C70H117N5O29/c1-8-9-10-11-12-13-14-15-16-17-18-19-20-27-61(82)71-28-24-22-26-56(70(87)88)75-62(83)44-73-69(86)55(74-64(85)48-94-37-35-90-31-33-92-39-41-96-66-43-58(100-52(5)79)68(102-54(7)81)60(104-66)46-98-50(3)77)25-21-23-29-72-63(84)47-93-36-34-89-30-32-91-38-40-95-65-42-57(99-51(4)78)67(101-53(6)80)59(103-65)45-97-49(2)76/h14-15,55-60,65-68H,8-13,16-48H2,1-7H3,(H,71,82)(H,72,84)(H,73,86)(H,74,85)(H,75,83)(H,87,88)/b15-14+/t55-,56-,57+,58+,59+,60+,65+,66+,67+,68+/m0/s1. The molecule has 0 radical (unpaired) electrons. The Hall–Kier alpha value is -7.02. The maximum Gasteiger partial charge on any atom is 0.326 e. The molecule has 2 saturated heterocycles. The van der Waals surface area contributed by atoms with Gasteiger partial charge in [-0.05, 0) is 70.6 Å². The van der Waals surface area contributed by atoms with Crippen molar-refractivity contribution in [2.75, 3.05) is 125 Å². The summed E-state index contributed by atoms with van der Waals surface area (Å²) in [6.07, 6.45) is 11.4. The summed E-state index contributed by atoms with van der Waals surface area (Å²) in [5.74, 6) is -7.67. The SMILES string of the molecule is CCCCCCC/C=C/CCCCCCC(=O)NCCCC[C@H](NC(=O)CNC(=O)[C@H](CCCCNC(=O)COCCOCCOCCO[C@H]1C[C@@H](OC(C)=O)[C@@H](OC(C)=O)[C@@H](COC(C)=O)O1)NC(=O)COCCOCCOCCO[C@H]1C[C@@H](OC(C)=O)[C@@H](OC(C)=O)[C@@H](COC(C)=O)O1)C(=O)O. The molecule has 2 rings (SSSR count). The van der Waals surface area contributed by atoms with Crippen LogP contribution in [0.1, 0.15) is 177 Å². The summed E-state index contributed by atoms with van der Waals surface area (Å²) in [6.45, 7) is 9.31. The smallest absolute Gasteiger partial charge is 0.326 e. The van der Waals surface area contributed by atoms with Gasteiger partial charge in [-0.25, -0.2) is 4.79 Å². The predicted molar refractivity (Wildman–Crippen MR) is 367 cm³/mol. The number of unbranched alkanes of at least 4 members (excludes halogenated alkanes) is 11. The van der Waals surface area contributed by atoms with Crippen LogP contribution in [0, 0.1) is 0 Å². The second-order valence-corrected chi connectivity index (χ2v) is 24.6. The topological polar surface area (TPSA) is 433 Å².